The zero-order valence-electron chi connectivity index (χ0n) is 17.8. The van der Waals surface area contributed by atoms with Crippen LogP contribution in [0.4, 0.5) is 0 Å². The van der Waals surface area contributed by atoms with E-state index in [0.717, 1.165) is 5.56 Å². The van der Waals surface area contributed by atoms with Crippen molar-refractivity contribution in [2.75, 3.05) is 39.8 Å². The van der Waals surface area contributed by atoms with E-state index in [-0.39, 0.29) is 55.5 Å². The molecule has 1 heterocycles. The van der Waals surface area contributed by atoms with E-state index in [1.807, 2.05) is 30.3 Å². The quantitative estimate of drug-likeness (QED) is 0.605. The van der Waals surface area contributed by atoms with Gasteiger partial charge in [0.25, 0.3) is 0 Å². The summed E-state index contributed by atoms with van der Waals surface area (Å²) in [7, 11) is 1.58. The number of piperidine rings is 1. The number of hydrogen-bond acceptors (Lipinski definition) is 5. The lowest BCUT2D eigenvalue weighted by Gasteiger charge is -2.32. The molecule has 0 aliphatic carbocycles. The Bertz CT molecular complexity index is 730. The van der Waals surface area contributed by atoms with Crippen LogP contribution in [-0.4, -0.2) is 73.3 Å². The minimum atomic E-state index is -0.204. The fourth-order valence-corrected chi connectivity index (χ4v) is 3.36. The molecular weight excluding hydrogens is 386 g/mol. The number of carbonyl (C=O) groups is 4. The summed E-state index contributed by atoms with van der Waals surface area (Å²) in [6, 6.07) is 9.38. The van der Waals surface area contributed by atoms with E-state index in [9.17, 15) is 19.2 Å². The Hall–Kier alpha value is -2.90. The first-order valence-corrected chi connectivity index (χ1v) is 10.4. The molecule has 1 aromatic rings. The van der Waals surface area contributed by atoms with Crippen LogP contribution in [0, 0.1) is 5.92 Å². The molecule has 1 N–H and O–H groups in total. The van der Waals surface area contributed by atoms with Crippen LogP contribution in [0.15, 0.2) is 30.3 Å². The molecule has 0 radical (unpaired) electrons. The van der Waals surface area contributed by atoms with Crippen molar-refractivity contribution >= 4 is 23.7 Å². The standard InChI is InChI=1S/C22H31N3O5/c1-3-30-22(29)18-10-13-25(14-11-18)21(28)16-24(2)20(27)9-12-23-19(26)15-17-7-5-4-6-8-17/h4-8,18H,3,9-16H2,1-2H3,(H,23,26). The summed E-state index contributed by atoms with van der Waals surface area (Å²) < 4.78 is 5.04. The van der Waals surface area contributed by atoms with Gasteiger partial charge in [0.15, 0.2) is 0 Å². The molecule has 3 amide bonds. The van der Waals surface area contributed by atoms with Crippen molar-refractivity contribution in [3.63, 3.8) is 0 Å². The number of amides is 3. The fourth-order valence-electron chi connectivity index (χ4n) is 3.36. The van der Waals surface area contributed by atoms with Crippen LogP contribution in [-0.2, 0) is 30.3 Å². The number of ether oxygens (including phenoxy) is 1. The van der Waals surface area contributed by atoms with Crippen LogP contribution in [0.2, 0.25) is 0 Å². The Morgan fingerprint density at radius 1 is 1.13 bits per heavy atom. The summed E-state index contributed by atoms with van der Waals surface area (Å²) in [5, 5.41) is 2.73. The van der Waals surface area contributed by atoms with Crippen LogP contribution in [0.1, 0.15) is 31.7 Å². The van der Waals surface area contributed by atoms with Crippen LogP contribution >= 0.6 is 0 Å². The summed E-state index contributed by atoms with van der Waals surface area (Å²) in [5.74, 6) is -0.845. The first-order chi connectivity index (χ1) is 14.4. The third-order valence-electron chi connectivity index (χ3n) is 5.13. The van der Waals surface area contributed by atoms with Crippen molar-refractivity contribution in [3.05, 3.63) is 35.9 Å². The van der Waals surface area contributed by atoms with E-state index in [1.54, 1.807) is 18.9 Å². The molecule has 164 valence electrons. The number of esters is 1. The molecule has 0 atom stereocenters. The Morgan fingerprint density at radius 2 is 1.80 bits per heavy atom. The maximum absolute atomic E-state index is 12.4. The monoisotopic (exact) mass is 417 g/mol. The second-order valence-electron chi connectivity index (χ2n) is 7.42. The number of nitrogens with one attached hydrogen (secondary N) is 1. The lowest BCUT2D eigenvalue weighted by atomic mass is 9.97. The Balaban J connectivity index is 1.65. The third kappa shape index (κ3) is 7.50. The molecule has 1 aliphatic rings. The number of rotatable bonds is 9. The molecule has 1 fully saturated rings. The highest BCUT2D eigenvalue weighted by molar-refractivity contribution is 5.85. The van der Waals surface area contributed by atoms with Crippen molar-refractivity contribution in [2.24, 2.45) is 5.92 Å². The second-order valence-corrected chi connectivity index (χ2v) is 7.42. The fraction of sp³-hybridized carbons (Fsp3) is 0.545. The topological polar surface area (TPSA) is 96.0 Å². The lowest BCUT2D eigenvalue weighted by molar-refractivity contribution is -0.151. The van der Waals surface area contributed by atoms with Gasteiger partial charge in [-0.25, -0.2) is 0 Å². The number of benzene rings is 1. The molecule has 8 heteroatoms. The predicted molar refractivity (Wildman–Crippen MR) is 111 cm³/mol. The van der Waals surface area contributed by atoms with Gasteiger partial charge >= 0.3 is 5.97 Å². The maximum atomic E-state index is 12.4. The van der Waals surface area contributed by atoms with Gasteiger partial charge in [0.1, 0.15) is 0 Å². The van der Waals surface area contributed by atoms with Gasteiger partial charge in [0.05, 0.1) is 25.5 Å². The van der Waals surface area contributed by atoms with Crippen molar-refractivity contribution in [2.45, 2.75) is 32.6 Å². The summed E-state index contributed by atoms with van der Waals surface area (Å²) in [6.07, 6.45) is 1.56. The number of carbonyl (C=O) groups excluding carboxylic acids is 4. The summed E-state index contributed by atoms with van der Waals surface area (Å²) in [4.78, 5) is 51.5. The van der Waals surface area contributed by atoms with Gasteiger partial charge in [-0.2, -0.15) is 0 Å². The number of nitrogens with zero attached hydrogens (tertiary/aromatic N) is 2. The van der Waals surface area contributed by atoms with E-state index < -0.39 is 0 Å². The van der Waals surface area contributed by atoms with E-state index in [2.05, 4.69) is 5.32 Å². The molecule has 2 rings (SSSR count). The van der Waals surface area contributed by atoms with E-state index in [0.29, 0.717) is 32.5 Å². The van der Waals surface area contributed by atoms with Crippen LogP contribution in [0.3, 0.4) is 0 Å². The molecular formula is C22H31N3O5. The maximum Gasteiger partial charge on any atom is 0.309 e. The van der Waals surface area contributed by atoms with Gasteiger partial charge in [-0.05, 0) is 25.3 Å². The van der Waals surface area contributed by atoms with Gasteiger partial charge < -0.3 is 19.9 Å². The van der Waals surface area contributed by atoms with Crippen LogP contribution < -0.4 is 5.32 Å². The highest BCUT2D eigenvalue weighted by Crippen LogP contribution is 2.18. The molecule has 0 unspecified atom stereocenters. The zero-order valence-corrected chi connectivity index (χ0v) is 17.8. The third-order valence-corrected chi connectivity index (χ3v) is 5.13. The Kier molecular flexibility index (Phi) is 9.31. The first kappa shape index (κ1) is 23.4. The van der Waals surface area contributed by atoms with Crippen molar-refractivity contribution in [3.8, 4) is 0 Å². The van der Waals surface area contributed by atoms with Gasteiger partial charge in [-0.3, -0.25) is 19.2 Å². The first-order valence-electron chi connectivity index (χ1n) is 10.4. The Labute approximate surface area is 177 Å². The van der Waals surface area contributed by atoms with E-state index in [1.165, 1.54) is 4.90 Å². The molecule has 0 spiro atoms. The number of likely N-dealkylation sites (N-methyl/N-ethyl adjacent to an activating group) is 1. The molecule has 1 aliphatic heterocycles. The normalized spacial score (nSPS) is 14.1. The molecule has 8 nitrogen and oxygen atoms in total. The molecule has 30 heavy (non-hydrogen) atoms. The summed E-state index contributed by atoms with van der Waals surface area (Å²) >= 11 is 0. The highest BCUT2D eigenvalue weighted by atomic mass is 16.5. The number of likely N-dealkylation sites (tertiary alicyclic amines) is 1. The Morgan fingerprint density at radius 3 is 2.43 bits per heavy atom. The SMILES string of the molecule is CCOC(=O)C1CCN(C(=O)CN(C)C(=O)CCNC(=O)Cc2ccccc2)CC1. The molecule has 0 bridgehead atoms. The predicted octanol–water partition coefficient (Wildman–Crippen LogP) is 0.996. The van der Waals surface area contributed by atoms with Crippen LogP contribution in [0.25, 0.3) is 0 Å². The van der Waals surface area contributed by atoms with E-state index in [4.69, 9.17) is 4.74 Å². The minimum Gasteiger partial charge on any atom is -0.466 e. The second kappa shape index (κ2) is 11.9. The minimum absolute atomic E-state index is 0.0130. The summed E-state index contributed by atoms with van der Waals surface area (Å²) in [5.41, 5.74) is 0.913. The zero-order chi connectivity index (χ0) is 21.9. The average molecular weight is 418 g/mol. The smallest absolute Gasteiger partial charge is 0.309 e. The molecule has 0 saturated carbocycles. The molecule has 1 aromatic carbocycles. The summed E-state index contributed by atoms with van der Waals surface area (Å²) in [6.45, 7) is 3.32. The highest BCUT2D eigenvalue weighted by Gasteiger charge is 2.28. The largest absolute Gasteiger partial charge is 0.466 e. The van der Waals surface area contributed by atoms with Crippen molar-refractivity contribution < 1.29 is 23.9 Å². The number of hydrogen-bond donors (Lipinski definition) is 1. The average Bonchev–Trinajstić information content (AvgIpc) is 2.74. The van der Waals surface area contributed by atoms with Gasteiger partial charge in [-0.1, -0.05) is 30.3 Å². The van der Waals surface area contributed by atoms with Gasteiger partial charge in [0, 0.05) is 33.1 Å². The van der Waals surface area contributed by atoms with Gasteiger partial charge in [0.2, 0.25) is 17.7 Å². The molecule has 0 aromatic heterocycles. The lowest BCUT2D eigenvalue weighted by Crippen LogP contribution is -2.46. The van der Waals surface area contributed by atoms with E-state index >= 15 is 0 Å². The van der Waals surface area contributed by atoms with Crippen LogP contribution in [0.5, 0.6) is 0 Å². The van der Waals surface area contributed by atoms with Crippen molar-refractivity contribution in [1.82, 2.24) is 15.1 Å². The van der Waals surface area contributed by atoms with Crippen molar-refractivity contribution in [1.29, 1.82) is 0 Å². The molecule has 1 saturated heterocycles. The van der Waals surface area contributed by atoms with Gasteiger partial charge in [-0.15, -0.1) is 0 Å².